The Balaban J connectivity index is 1.69. The zero-order valence-corrected chi connectivity index (χ0v) is 24.0. The number of benzene rings is 3. The van der Waals surface area contributed by atoms with E-state index in [4.69, 9.17) is 9.47 Å². The molecular formula is C34H38N2O5. The summed E-state index contributed by atoms with van der Waals surface area (Å²) in [5, 5.41) is 11.0. The van der Waals surface area contributed by atoms with E-state index in [9.17, 15) is 14.7 Å². The average molecular weight is 555 g/mol. The molecule has 1 amide bonds. The fraction of sp³-hybridized carbons (Fsp3) is 0.294. The molecule has 1 heterocycles. The number of carbonyl (C=O) groups is 2. The van der Waals surface area contributed by atoms with Crippen molar-refractivity contribution >= 4 is 17.8 Å². The van der Waals surface area contributed by atoms with E-state index in [2.05, 4.69) is 18.7 Å². The molecule has 4 rings (SSSR count). The van der Waals surface area contributed by atoms with Crippen molar-refractivity contribution in [1.29, 1.82) is 0 Å². The van der Waals surface area contributed by atoms with E-state index in [0.29, 0.717) is 43.4 Å². The number of rotatable bonds is 14. The number of likely N-dealkylation sites (N-methyl/N-ethyl adjacent to an activating group) is 1. The van der Waals surface area contributed by atoms with Crippen molar-refractivity contribution in [1.82, 2.24) is 9.80 Å². The summed E-state index contributed by atoms with van der Waals surface area (Å²) in [6.07, 6.45) is 3.10. The lowest BCUT2D eigenvalue weighted by Gasteiger charge is -2.29. The molecule has 41 heavy (non-hydrogen) atoms. The molecule has 0 radical (unpaired) electrons. The SMILES string of the molecule is CCOc1cc(C2C(C(=O)/C=C/c3ccccc3)=C(O)C(=O)N2CCN(CC)CC)ccc1OCc1ccccc1. The van der Waals surface area contributed by atoms with Gasteiger partial charge in [0.25, 0.3) is 5.91 Å². The summed E-state index contributed by atoms with van der Waals surface area (Å²) < 4.78 is 12.0. The van der Waals surface area contributed by atoms with Gasteiger partial charge in [-0.2, -0.15) is 0 Å². The van der Waals surface area contributed by atoms with Crippen molar-refractivity contribution in [3.8, 4) is 11.5 Å². The van der Waals surface area contributed by atoms with Crippen LogP contribution >= 0.6 is 0 Å². The van der Waals surface area contributed by atoms with E-state index >= 15 is 0 Å². The molecule has 1 N–H and O–H groups in total. The molecule has 1 atom stereocenters. The number of ketones is 1. The number of aliphatic hydroxyl groups is 1. The predicted octanol–water partition coefficient (Wildman–Crippen LogP) is 5.98. The summed E-state index contributed by atoms with van der Waals surface area (Å²) >= 11 is 0. The van der Waals surface area contributed by atoms with Crippen LogP contribution in [0.2, 0.25) is 0 Å². The van der Waals surface area contributed by atoms with Gasteiger partial charge >= 0.3 is 0 Å². The third-order valence-electron chi connectivity index (χ3n) is 7.17. The van der Waals surface area contributed by atoms with Crippen molar-refractivity contribution in [3.05, 3.63) is 113 Å². The lowest BCUT2D eigenvalue weighted by molar-refractivity contribution is -0.129. The van der Waals surface area contributed by atoms with Crippen molar-refractivity contribution in [3.63, 3.8) is 0 Å². The molecule has 0 fully saturated rings. The monoisotopic (exact) mass is 554 g/mol. The van der Waals surface area contributed by atoms with Gasteiger partial charge in [0.15, 0.2) is 23.0 Å². The molecule has 0 bridgehead atoms. The van der Waals surface area contributed by atoms with E-state index in [0.717, 1.165) is 24.2 Å². The van der Waals surface area contributed by atoms with Crippen molar-refractivity contribution < 1.29 is 24.2 Å². The molecule has 0 saturated carbocycles. The highest BCUT2D eigenvalue weighted by Crippen LogP contribution is 2.41. The van der Waals surface area contributed by atoms with Crippen LogP contribution in [0.1, 0.15) is 43.5 Å². The lowest BCUT2D eigenvalue weighted by atomic mass is 9.95. The van der Waals surface area contributed by atoms with Gasteiger partial charge in [0, 0.05) is 13.1 Å². The maximum atomic E-state index is 13.5. The van der Waals surface area contributed by atoms with Crippen LogP contribution < -0.4 is 9.47 Å². The van der Waals surface area contributed by atoms with Crippen molar-refractivity contribution in [2.24, 2.45) is 0 Å². The van der Waals surface area contributed by atoms with Crippen LogP contribution in [0.15, 0.2) is 96.3 Å². The summed E-state index contributed by atoms with van der Waals surface area (Å²) in [6, 6.07) is 23.9. The largest absolute Gasteiger partial charge is 0.503 e. The number of ether oxygens (including phenoxy) is 2. The first-order valence-corrected chi connectivity index (χ1v) is 14.1. The summed E-state index contributed by atoms with van der Waals surface area (Å²) in [5.41, 5.74) is 2.59. The molecule has 1 aliphatic rings. The predicted molar refractivity (Wildman–Crippen MR) is 161 cm³/mol. The Hall–Kier alpha value is -4.36. The minimum Gasteiger partial charge on any atom is -0.503 e. The molecule has 0 spiro atoms. The fourth-order valence-corrected chi connectivity index (χ4v) is 4.91. The zero-order chi connectivity index (χ0) is 29.2. The molecule has 7 heteroatoms. The molecule has 214 valence electrons. The number of hydrogen-bond donors (Lipinski definition) is 1. The maximum Gasteiger partial charge on any atom is 0.290 e. The smallest absolute Gasteiger partial charge is 0.290 e. The number of nitrogens with zero attached hydrogens (tertiary/aromatic N) is 2. The van der Waals surface area contributed by atoms with E-state index in [-0.39, 0.29) is 5.57 Å². The van der Waals surface area contributed by atoms with Gasteiger partial charge in [-0.05, 0) is 54.9 Å². The molecule has 1 aliphatic heterocycles. The molecule has 3 aromatic carbocycles. The lowest BCUT2D eigenvalue weighted by Crippen LogP contribution is -2.38. The molecule has 0 aromatic heterocycles. The van der Waals surface area contributed by atoms with E-state index in [1.165, 1.54) is 6.08 Å². The van der Waals surface area contributed by atoms with E-state index < -0.39 is 23.5 Å². The van der Waals surface area contributed by atoms with E-state index in [1.807, 2.05) is 73.7 Å². The highest BCUT2D eigenvalue weighted by atomic mass is 16.5. The number of aliphatic hydroxyl groups excluding tert-OH is 1. The van der Waals surface area contributed by atoms with Crippen LogP contribution in [0.25, 0.3) is 6.08 Å². The third-order valence-corrected chi connectivity index (χ3v) is 7.17. The fourth-order valence-electron chi connectivity index (χ4n) is 4.91. The van der Waals surface area contributed by atoms with Crippen LogP contribution in [-0.4, -0.2) is 59.4 Å². The van der Waals surface area contributed by atoms with Crippen LogP contribution in [-0.2, 0) is 16.2 Å². The standard InChI is InChI=1S/C34H38N2O5/c1-4-35(5-2)21-22-36-32(31(33(38)34(36)39)28(37)19-17-25-13-9-7-10-14-25)27-18-20-29(30(23-27)40-6-3)41-24-26-15-11-8-12-16-26/h7-20,23,32,38H,4-6,21-22,24H2,1-3H3/b19-17+. The first kappa shape index (κ1) is 29.6. The van der Waals surface area contributed by atoms with Crippen LogP contribution in [0.3, 0.4) is 0 Å². The normalized spacial score (nSPS) is 15.3. The second-order valence-electron chi connectivity index (χ2n) is 9.71. The Kier molecular flexibility index (Phi) is 10.3. The third kappa shape index (κ3) is 7.24. The molecule has 0 aliphatic carbocycles. The Bertz CT molecular complexity index is 1380. The first-order chi connectivity index (χ1) is 20.0. The zero-order valence-electron chi connectivity index (χ0n) is 24.0. The van der Waals surface area contributed by atoms with Crippen LogP contribution in [0.5, 0.6) is 11.5 Å². The number of hydrogen-bond acceptors (Lipinski definition) is 6. The minimum atomic E-state index is -0.770. The maximum absolute atomic E-state index is 13.5. The average Bonchev–Trinajstić information content (AvgIpc) is 3.26. The number of carbonyl (C=O) groups excluding carboxylic acids is 2. The Morgan fingerprint density at radius 3 is 2.27 bits per heavy atom. The molecule has 1 unspecified atom stereocenters. The van der Waals surface area contributed by atoms with Crippen molar-refractivity contribution in [2.45, 2.75) is 33.4 Å². The van der Waals surface area contributed by atoms with Gasteiger partial charge in [-0.25, -0.2) is 0 Å². The molecule has 0 saturated heterocycles. The van der Waals surface area contributed by atoms with Crippen molar-refractivity contribution in [2.75, 3.05) is 32.8 Å². The summed E-state index contributed by atoms with van der Waals surface area (Å²) in [6.45, 7) is 9.41. The van der Waals surface area contributed by atoms with Gasteiger partial charge in [-0.15, -0.1) is 0 Å². The van der Waals surface area contributed by atoms with Gasteiger partial charge in [0.05, 0.1) is 18.2 Å². The van der Waals surface area contributed by atoms with Gasteiger partial charge in [0.2, 0.25) is 0 Å². The van der Waals surface area contributed by atoms with E-state index in [1.54, 1.807) is 23.1 Å². The van der Waals surface area contributed by atoms with Gasteiger partial charge < -0.3 is 24.4 Å². The second kappa shape index (κ2) is 14.3. The second-order valence-corrected chi connectivity index (χ2v) is 9.71. The number of allylic oxidation sites excluding steroid dienone is 1. The summed E-state index contributed by atoms with van der Waals surface area (Å²) in [4.78, 5) is 30.7. The first-order valence-electron chi connectivity index (χ1n) is 14.1. The quantitative estimate of drug-likeness (QED) is 0.247. The van der Waals surface area contributed by atoms with Gasteiger partial charge in [0.1, 0.15) is 6.61 Å². The van der Waals surface area contributed by atoms with Gasteiger partial charge in [-0.3, -0.25) is 9.59 Å². The highest BCUT2D eigenvalue weighted by molar-refractivity contribution is 6.14. The molecular weight excluding hydrogens is 516 g/mol. The van der Waals surface area contributed by atoms with Crippen LogP contribution in [0, 0.1) is 0 Å². The molecule has 7 nitrogen and oxygen atoms in total. The van der Waals surface area contributed by atoms with Crippen LogP contribution in [0.4, 0.5) is 0 Å². The summed E-state index contributed by atoms with van der Waals surface area (Å²) in [7, 11) is 0. The molecule has 3 aromatic rings. The number of amides is 1. The topological polar surface area (TPSA) is 79.3 Å². The summed E-state index contributed by atoms with van der Waals surface area (Å²) in [5.74, 6) is -0.420. The minimum absolute atomic E-state index is 0.0575. The Labute approximate surface area is 242 Å². The Morgan fingerprint density at radius 2 is 1.61 bits per heavy atom. The van der Waals surface area contributed by atoms with Gasteiger partial charge in [-0.1, -0.05) is 86.7 Å². The Morgan fingerprint density at radius 1 is 0.927 bits per heavy atom. The highest BCUT2D eigenvalue weighted by Gasteiger charge is 2.43.